The van der Waals surface area contributed by atoms with E-state index in [1.165, 1.54) is 0 Å². The number of rotatable bonds is 6. The Kier molecular flexibility index (Phi) is 6.35. The van der Waals surface area contributed by atoms with Crippen LogP contribution in [0.25, 0.3) is 16.6 Å². The minimum Gasteiger partial charge on any atom is -0.365 e. The van der Waals surface area contributed by atoms with Gasteiger partial charge in [-0.3, -0.25) is 14.6 Å². The molecule has 2 amide bonds. The van der Waals surface area contributed by atoms with Crippen molar-refractivity contribution in [1.29, 1.82) is 0 Å². The van der Waals surface area contributed by atoms with Crippen LogP contribution >= 0.6 is 0 Å². The van der Waals surface area contributed by atoms with E-state index in [-0.39, 0.29) is 24.0 Å². The molecule has 0 aromatic carbocycles. The molecule has 0 spiro atoms. The molecule has 3 aromatic heterocycles. The van der Waals surface area contributed by atoms with Gasteiger partial charge in [0.25, 0.3) is 5.91 Å². The van der Waals surface area contributed by atoms with Crippen LogP contribution in [0.5, 0.6) is 0 Å². The van der Waals surface area contributed by atoms with Crippen LogP contribution in [0.15, 0.2) is 36.9 Å². The molecule has 3 aromatic rings. The lowest BCUT2D eigenvalue weighted by atomic mass is 9.88. The Morgan fingerprint density at radius 1 is 1.21 bits per heavy atom. The Morgan fingerprint density at radius 2 is 1.94 bits per heavy atom. The van der Waals surface area contributed by atoms with Crippen molar-refractivity contribution in [3.63, 3.8) is 0 Å². The molecule has 0 bridgehead atoms. The van der Waals surface area contributed by atoms with Crippen LogP contribution < -0.4 is 16.0 Å². The normalized spacial score (nSPS) is 18.5. The summed E-state index contributed by atoms with van der Waals surface area (Å²) in [6, 6.07) is 4.66. The van der Waals surface area contributed by atoms with Gasteiger partial charge in [-0.05, 0) is 69.7 Å². The van der Waals surface area contributed by atoms with Crippen molar-refractivity contribution in [2.24, 2.45) is 5.73 Å². The highest BCUT2D eigenvalue weighted by Crippen LogP contribution is 2.37. The minimum atomic E-state index is -0.486. The average Bonchev–Trinajstić information content (AvgIpc) is 3.19. The van der Waals surface area contributed by atoms with Crippen molar-refractivity contribution in [2.75, 3.05) is 4.90 Å². The van der Waals surface area contributed by atoms with Gasteiger partial charge in [-0.25, -0.2) is 4.52 Å². The van der Waals surface area contributed by atoms with Crippen LogP contribution in [0.3, 0.4) is 0 Å². The summed E-state index contributed by atoms with van der Waals surface area (Å²) < 4.78 is 1.83. The predicted molar refractivity (Wildman–Crippen MR) is 129 cm³/mol. The zero-order valence-electron chi connectivity index (χ0n) is 19.7. The smallest absolute Gasteiger partial charge is 0.252 e. The molecule has 1 aliphatic carbocycles. The van der Waals surface area contributed by atoms with Crippen molar-refractivity contribution in [2.45, 2.75) is 71.5 Å². The second-order valence-corrected chi connectivity index (χ2v) is 9.23. The number of fused-ring (bicyclic) bond motifs is 1. The Bertz CT molecular complexity index is 1180. The largest absolute Gasteiger partial charge is 0.365 e. The van der Waals surface area contributed by atoms with Gasteiger partial charge in [0.05, 0.1) is 23.0 Å². The maximum Gasteiger partial charge on any atom is 0.252 e. The summed E-state index contributed by atoms with van der Waals surface area (Å²) in [5.74, 6) is -0.474. The van der Waals surface area contributed by atoms with Crippen molar-refractivity contribution < 1.29 is 9.59 Å². The fourth-order valence-corrected chi connectivity index (χ4v) is 5.09. The summed E-state index contributed by atoms with van der Waals surface area (Å²) in [6.07, 6.45) is 10.8. The number of aromatic nitrogens is 3. The standard InChI is InChI=1S/C25H32N6O2/c1-15(2)31(20-7-5-19(6-8-20)29-17(4)32)24-22(25(26)33)13-28-30-14-18(11-23(24)30)21-9-10-27-12-16(21)3/h9-15,19-20H,5-8H2,1-4H3,(H2,26,33)(H,29,32). The molecule has 8 nitrogen and oxygen atoms in total. The summed E-state index contributed by atoms with van der Waals surface area (Å²) in [5, 5.41) is 7.54. The lowest BCUT2D eigenvalue weighted by molar-refractivity contribution is -0.119. The van der Waals surface area contributed by atoms with E-state index in [9.17, 15) is 9.59 Å². The van der Waals surface area contributed by atoms with Gasteiger partial charge in [0.1, 0.15) is 0 Å². The number of aryl methyl sites for hydroxylation is 1. The lowest BCUT2D eigenvalue weighted by Gasteiger charge is -2.41. The molecular formula is C25H32N6O2. The molecule has 1 fully saturated rings. The Labute approximate surface area is 194 Å². The number of hydrogen-bond acceptors (Lipinski definition) is 5. The van der Waals surface area contributed by atoms with E-state index in [4.69, 9.17) is 5.73 Å². The number of anilines is 1. The minimum absolute atomic E-state index is 0.0122. The first-order valence-electron chi connectivity index (χ1n) is 11.5. The molecule has 0 unspecified atom stereocenters. The first-order chi connectivity index (χ1) is 15.8. The van der Waals surface area contributed by atoms with Crippen LogP contribution in [-0.4, -0.2) is 44.5 Å². The SMILES string of the molecule is CC(=O)NC1CCC(N(c2c(C(N)=O)cnn3cc(-c4ccncc4C)cc23)C(C)C)CC1. The second-order valence-electron chi connectivity index (χ2n) is 9.23. The third-order valence-corrected chi connectivity index (χ3v) is 6.52. The van der Waals surface area contributed by atoms with Gasteiger partial charge in [-0.1, -0.05) is 0 Å². The Morgan fingerprint density at radius 3 is 2.55 bits per heavy atom. The fraction of sp³-hybridized carbons (Fsp3) is 0.440. The van der Waals surface area contributed by atoms with Crippen molar-refractivity contribution >= 4 is 23.0 Å². The maximum absolute atomic E-state index is 12.5. The van der Waals surface area contributed by atoms with E-state index in [0.717, 1.165) is 53.6 Å². The third-order valence-electron chi connectivity index (χ3n) is 6.52. The van der Waals surface area contributed by atoms with Crippen molar-refractivity contribution in [3.05, 3.63) is 48.0 Å². The molecule has 1 saturated carbocycles. The van der Waals surface area contributed by atoms with Gasteiger partial charge in [0.2, 0.25) is 5.91 Å². The molecule has 4 rings (SSSR count). The molecule has 1 aliphatic rings. The monoisotopic (exact) mass is 448 g/mol. The number of primary amides is 1. The Balaban J connectivity index is 1.79. The summed E-state index contributed by atoms with van der Waals surface area (Å²) in [6.45, 7) is 7.87. The number of carbonyl (C=O) groups is 2. The summed E-state index contributed by atoms with van der Waals surface area (Å²) in [7, 11) is 0. The van der Waals surface area contributed by atoms with Crippen LogP contribution in [-0.2, 0) is 4.79 Å². The Hall–Kier alpha value is -3.42. The van der Waals surface area contributed by atoms with Gasteiger partial charge in [0.15, 0.2) is 0 Å². The molecule has 33 heavy (non-hydrogen) atoms. The number of amides is 2. The molecule has 0 radical (unpaired) electrons. The van der Waals surface area contributed by atoms with Crippen LogP contribution in [0.2, 0.25) is 0 Å². The number of hydrogen-bond donors (Lipinski definition) is 2. The molecule has 174 valence electrons. The number of nitrogens with two attached hydrogens (primary N) is 1. The molecule has 0 atom stereocenters. The second kappa shape index (κ2) is 9.21. The number of pyridine rings is 1. The summed E-state index contributed by atoms with van der Waals surface area (Å²) >= 11 is 0. The first-order valence-corrected chi connectivity index (χ1v) is 11.5. The van der Waals surface area contributed by atoms with Crippen molar-refractivity contribution in [3.8, 4) is 11.1 Å². The lowest BCUT2D eigenvalue weighted by Crippen LogP contribution is -2.47. The highest BCUT2D eigenvalue weighted by atomic mass is 16.1. The van der Waals surface area contributed by atoms with Crippen LogP contribution in [0.4, 0.5) is 5.69 Å². The van der Waals surface area contributed by atoms with E-state index < -0.39 is 5.91 Å². The molecule has 0 saturated heterocycles. The van der Waals surface area contributed by atoms with Crippen LogP contribution in [0, 0.1) is 6.92 Å². The number of carbonyl (C=O) groups excluding carboxylic acids is 2. The van der Waals surface area contributed by atoms with Gasteiger partial charge in [-0.2, -0.15) is 5.10 Å². The van der Waals surface area contributed by atoms with E-state index in [1.54, 1.807) is 19.3 Å². The topological polar surface area (TPSA) is 106 Å². The van der Waals surface area contributed by atoms with E-state index in [0.29, 0.717) is 5.56 Å². The van der Waals surface area contributed by atoms with Gasteiger partial charge in [-0.15, -0.1) is 0 Å². The maximum atomic E-state index is 12.5. The summed E-state index contributed by atoms with van der Waals surface area (Å²) in [4.78, 5) is 30.5. The first kappa shape index (κ1) is 22.8. The molecule has 3 N–H and O–H groups in total. The average molecular weight is 449 g/mol. The zero-order chi connectivity index (χ0) is 23.7. The van der Waals surface area contributed by atoms with Crippen LogP contribution in [0.1, 0.15) is 62.4 Å². The van der Waals surface area contributed by atoms with Crippen molar-refractivity contribution in [1.82, 2.24) is 19.9 Å². The van der Waals surface area contributed by atoms with E-state index >= 15 is 0 Å². The highest BCUT2D eigenvalue weighted by molar-refractivity contribution is 6.02. The van der Waals surface area contributed by atoms with E-state index in [1.807, 2.05) is 29.9 Å². The molecule has 3 heterocycles. The van der Waals surface area contributed by atoms with Gasteiger partial charge >= 0.3 is 0 Å². The zero-order valence-corrected chi connectivity index (χ0v) is 19.7. The highest BCUT2D eigenvalue weighted by Gasteiger charge is 2.31. The quantitative estimate of drug-likeness (QED) is 0.601. The van der Waals surface area contributed by atoms with Gasteiger partial charge < -0.3 is 16.0 Å². The predicted octanol–water partition coefficient (Wildman–Crippen LogP) is 3.47. The molecular weight excluding hydrogens is 416 g/mol. The fourth-order valence-electron chi connectivity index (χ4n) is 5.09. The molecule has 8 heteroatoms. The molecule has 0 aliphatic heterocycles. The van der Waals surface area contributed by atoms with E-state index in [2.05, 4.69) is 40.2 Å². The van der Waals surface area contributed by atoms with Gasteiger partial charge in [0, 0.05) is 49.2 Å². The third kappa shape index (κ3) is 4.55. The number of nitrogens with zero attached hydrogens (tertiary/aromatic N) is 4. The number of nitrogens with one attached hydrogen (secondary N) is 1. The summed E-state index contributed by atoms with van der Waals surface area (Å²) in [5.41, 5.74) is 11.1.